The summed E-state index contributed by atoms with van der Waals surface area (Å²) in [7, 11) is 0. The van der Waals surface area contributed by atoms with Gasteiger partial charge in [0.15, 0.2) is 11.5 Å². The van der Waals surface area contributed by atoms with Gasteiger partial charge in [-0.05, 0) is 44.2 Å². The molecule has 0 saturated heterocycles. The molecule has 1 fully saturated rings. The predicted octanol–water partition coefficient (Wildman–Crippen LogP) is 3.75. The van der Waals surface area contributed by atoms with Crippen molar-refractivity contribution >= 4 is 5.97 Å². The monoisotopic (exact) mass is 292 g/mol. The summed E-state index contributed by atoms with van der Waals surface area (Å²) >= 11 is 0. The molecule has 1 aliphatic rings. The van der Waals surface area contributed by atoms with Gasteiger partial charge < -0.3 is 14.6 Å². The summed E-state index contributed by atoms with van der Waals surface area (Å²) in [5, 5.41) is 9.39. The molecule has 0 aliphatic heterocycles. The highest BCUT2D eigenvalue weighted by atomic mass is 16.5. The fourth-order valence-corrected chi connectivity index (χ4v) is 3.06. The maximum Gasteiger partial charge on any atom is 0.306 e. The van der Waals surface area contributed by atoms with Crippen LogP contribution in [0.15, 0.2) is 24.3 Å². The van der Waals surface area contributed by atoms with Crippen molar-refractivity contribution in [1.82, 2.24) is 0 Å². The van der Waals surface area contributed by atoms with Gasteiger partial charge in [0.2, 0.25) is 0 Å². The molecule has 0 radical (unpaired) electrons. The van der Waals surface area contributed by atoms with Gasteiger partial charge in [0.1, 0.15) is 0 Å². The Labute approximate surface area is 126 Å². The lowest BCUT2D eigenvalue weighted by molar-refractivity contribution is -0.144. The standard InChI is InChI=1S/C17H24O4/c1-2-20-15-9-5-6-10-16(15)21-12-11-14(17(18)19)13-7-3-4-8-13/h5-6,9-10,13-14H,2-4,7-8,11-12H2,1H3,(H,18,19). The molecule has 0 heterocycles. The van der Waals surface area contributed by atoms with E-state index in [0.717, 1.165) is 25.7 Å². The van der Waals surface area contributed by atoms with Crippen molar-refractivity contribution in [2.45, 2.75) is 39.0 Å². The first-order valence-corrected chi connectivity index (χ1v) is 7.79. The van der Waals surface area contributed by atoms with E-state index in [1.807, 2.05) is 31.2 Å². The lowest BCUT2D eigenvalue weighted by Crippen LogP contribution is -2.24. The van der Waals surface area contributed by atoms with Gasteiger partial charge >= 0.3 is 5.97 Å². The van der Waals surface area contributed by atoms with E-state index in [1.54, 1.807) is 0 Å². The Morgan fingerprint density at radius 3 is 2.43 bits per heavy atom. The largest absolute Gasteiger partial charge is 0.490 e. The first-order chi connectivity index (χ1) is 10.2. The topological polar surface area (TPSA) is 55.8 Å². The number of rotatable bonds is 8. The molecule has 0 amide bonds. The van der Waals surface area contributed by atoms with Crippen LogP contribution in [0.4, 0.5) is 0 Å². The summed E-state index contributed by atoms with van der Waals surface area (Å²) in [6.45, 7) is 2.93. The molecule has 1 atom stereocenters. The molecule has 0 aromatic heterocycles. The summed E-state index contributed by atoms with van der Waals surface area (Å²) < 4.78 is 11.2. The van der Waals surface area contributed by atoms with E-state index in [2.05, 4.69) is 0 Å². The van der Waals surface area contributed by atoms with E-state index in [4.69, 9.17) is 9.47 Å². The zero-order chi connectivity index (χ0) is 15.1. The molecule has 1 N–H and O–H groups in total. The van der Waals surface area contributed by atoms with Crippen LogP contribution in [0.1, 0.15) is 39.0 Å². The number of carbonyl (C=O) groups is 1. The number of hydrogen-bond donors (Lipinski definition) is 1. The summed E-state index contributed by atoms with van der Waals surface area (Å²) in [6.07, 6.45) is 4.93. The Morgan fingerprint density at radius 2 is 1.86 bits per heavy atom. The van der Waals surface area contributed by atoms with E-state index in [0.29, 0.717) is 37.1 Å². The number of ether oxygens (including phenoxy) is 2. The molecule has 4 heteroatoms. The number of para-hydroxylation sites is 2. The molecular formula is C17H24O4. The van der Waals surface area contributed by atoms with Gasteiger partial charge in [-0.15, -0.1) is 0 Å². The Balaban J connectivity index is 1.88. The number of aliphatic carboxylic acids is 1. The van der Waals surface area contributed by atoms with Crippen LogP contribution in [0.25, 0.3) is 0 Å². The highest BCUT2D eigenvalue weighted by Gasteiger charge is 2.30. The average Bonchev–Trinajstić information content (AvgIpc) is 2.99. The molecule has 1 unspecified atom stereocenters. The van der Waals surface area contributed by atoms with Gasteiger partial charge in [0, 0.05) is 0 Å². The third kappa shape index (κ3) is 4.38. The second kappa shape index (κ2) is 7.91. The minimum absolute atomic E-state index is 0.285. The van der Waals surface area contributed by atoms with Crippen molar-refractivity contribution in [3.8, 4) is 11.5 Å². The Kier molecular flexibility index (Phi) is 5.90. The third-order valence-electron chi connectivity index (χ3n) is 4.12. The van der Waals surface area contributed by atoms with Gasteiger partial charge in [0.25, 0.3) is 0 Å². The Hall–Kier alpha value is -1.71. The highest BCUT2D eigenvalue weighted by Crippen LogP contribution is 2.34. The molecule has 0 spiro atoms. The zero-order valence-electron chi connectivity index (χ0n) is 12.6. The number of benzene rings is 1. The van der Waals surface area contributed by atoms with Crippen molar-refractivity contribution in [2.24, 2.45) is 11.8 Å². The lowest BCUT2D eigenvalue weighted by atomic mass is 9.88. The number of carboxylic acids is 1. The molecule has 1 saturated carbocycles. The lowest BCUT2D eigenvalue weighted by Gasteiger charge is -2.19. The second-order valence-electron chi connectivity index (χ2n) is 5.51. The Morgan fingerprint density at radius 1 is 1.24 bits per heavy atom. The molecule has 4 nitrogen and oxygen atoms in total. The summed E-state index contributed by atoms with van der Waals surface area (Å²) in [6, 6.07) is 7.51. The van der Waals surface area contributed by atoms with E-state index >= 15 is 0 Å². The second-order valence-corrected chi connectivity index (χ2v) is 5.51. The maximum atomic E-state index is 11.4. The van der Waals surface area contributed by atoms with Gasteiger partial charge in [0.05, 0.1) is 19.1 Å². The predicted molar refractivity (Wildman–Crippen MR) is 80.8 cm³/mol. The normalized spacial score (nSPS) is 16.6. The van der Waals surface area contributed by atoms with Crippen molar-refractivity contribution < 1.29 is 19.4 Å². The van der Waals surface area contributed by atoms with Gasteiger partial charge in [-0.2, -0.15) is 0 Å². The van der Waals surface area contributed by atoms with Crippen LogP contribution in [0, 0.1) is 11.8 Å². The molecule has 0 bridgehead atoms. The van der Waals surface area contributed by atoms with Crippen LogP contribution in [0.5, 0.6) is 11.5 Å². The summed E-state index contributed by atoms with van der Waals surface area (Å²) in [5.74, 6) is 0.742. The molecule has 116 valence electrons. The van der Waals surface area contributed by atoms with E-state index in [9.17, 15) is 9.90 Å². The van der Waals surface area contributed by atoms with Crippen molar-refractivity contribution in [3.63, 3.8) is 0 Å². The van der Waals surface area contributed by atoms with Gasteiger partial charge in [-0.3, -0.25) is 4.79 Å². The van der Waals surface area contributed by atoms with Crippen LogP contribution in [-0.4, -0.2) is 24.3 Å². The fourth-order valence-electron chi connectivity index (χ4n) is 3.06. The quantitative estimate of drug-likeness (QED) is 0.793. The molecular weight excluding hydrogens is 268 g/mol. The first-order valence-electron chi connectivity index (χ1n) is 7.79. The summed E-state index contributed by atoms with van der Waals surface area (Å²) in [4.78, 5) is 11.4. The van der Waals surface area contributed by atoms with Crippen molar-refractivity contribution in [2.75, 3.05) is 13.2 Å². The third-order valence-corrected chi connectivity index (χ3v) is 4.12. The molecule has 1 aromatic carbocycles. The van der Waals surface area contributed by atoms with Crippen LogP contribution in [0.3, 0.4) is 0 Å². The van der Waals surface area contributed by atoms with E-state index < -0.39 is 5.97 Å². The van der Waals surface area contributed by atoms with Gasteiger partial charge in [-0.25, -0.2) is 0 Å². The zero-order valence-corrected chi connectivity index (χ0v) is 12.6. The minimum Gasteiger partial charge on any atom is -0.490 e. The van der Waals surface area contributed by atoms with E-state index in [-0.39, 0.29) is 5.92 Å². The van der Waals surface area contributed by atoms with E-state index in [1.165, 1.54) is 0 Å². The molecule has 2 rings (SSSR count). The molecule has 1 aromatic rings. The highest BCUT2D eigenvalue weighted by molar-refractivity contribution is 5.70. The molecule has 21 heavy (non-hydrogen) atoms. The maximum absolute atomic E-state index is 11.4. The van der Waals surface area contributed by atoms with Crippen molar-refractivity contribution in [3.05, 3.63) is 24.3 Å². The Bertz CT molecular complexity index is 452. The van der Waals surface area contributed by atoms with Crippen LogP contribution >= 0.6 is 0 Å². The van der Waals surface area contributed by atoms with Gasteiger partial charge in [-0.1, -0.05) is 25.0 Å². The average molecular weight is 292 g/mol. The van der Waals surface area contributed by atoms with Crippen molar-refractivity contribution in [1.29, 1.82) is 0 Å². The smallest absolute Gasteiger partial charge is 0.306 e. The number of hydrogen-bond acceptors (Lipinski definition) is 3. The van der Waals surface area contributed by atoms with Crippen LogP contribution in [-0.2, 0) is 4.79 Å². The minimum atomic E-state index is -0.691. The summed E-state index contributed by atoms with van der Waals surface area (Å²) in [5.41, 5.74) is 0. The molecule has 1 aliphatic carbocycles. The fraction of sp³-hybridized carbons (Fsp3) is 0.588. The van der Waals surface area contributed by atoms with Crippen LogP contribution < -0.4 is 9.47 Å². The SMILES string of the molecule is CCOc1ccccc1OCCC(C(=O)O)C1CCCC1. The van der Waals surface area contributed by atoms with Crippen LogP contribution in [0.2, 0.25) is 0 Å². The first kappa shape index (κ1) is 15.7. The number of carboxylic acid groups (broad SMARTS) is 1.